The number of hydrogen-bond donors (Lipinski definition) is 0. The van der Waals surface area contributed by atoms with Crippen molar-refractivity contribution in [1.29, 1.82) is 0 Å². The van der Waals surface area contributed by atoms with Crippen molar-refractivity contribution in [3.63, 3.8) is 0 Å². The standard InChI is InChI=1S/C20H25N3O3/c1-5-21(12-14(2)3)18(25)13-22-19(26)15-8-6-7-9-16(15)23-17(24)10-11-20(22,23)4/h6-9H,2,5,10-13H2,1,3-4H3. The van der Waals surface area contributed by atoms with Gasteiger partial charge in [-0.25, -0.2) is 0 Å². The molecule has 2 aliphatic rings. The largest absolute Gasteiger partial charge is 0.337 e. The van der Waals surface area contributed by atoms with Gasteiger partial charge in [0.1, 0.15) is 12.2 Å². The number of rotatable bonds is 5. The smallest absolute Gasteiger partial charge is 0.258 e. The number of para-hydroxylation sites is 1. The molecular formula is C20H25N3O3. The lowest BCUT2D eigenvalue weighted by molar-refractivity contribution is -0.133. The Morgan fingerprint density at radius 2 is 2.00 bits per heavy atom. The highest BCUT2D eigenvalue weighted by Crippen LogP contribution is 2.43. The summed E-state index contributed by atoms with van der Waals surface area (Å²) in [4.78, 5) is 43.4. The van der Waals surface area contributed by atoms with Gasteiger partial charge in [0, 0.05) is 19.5 Å². The molecule has 6 heteroatoms. The Hall–Kier alpha value is -2.63. The maximum atomic E-state index is 13.1. The highest BCUT2D eigenvalue weighted by atomic mass is 16.2. The van der Waals surface area contributed by atoms with Crippen molar-refractivity contribution in [3.05, 3.63) is 42.0 Å². The maximum Gasteiger partial charge on any atom is 0.258 e. The highest BCUT2D eigenvalue weighted by molar-refractivity contribution is 6.11. The molecule has 1 fully saturated rings. The molecule has 138 valence electrons. The third kappa shape index (κ3) is 2.79. The number of nitrogens with zero attached hydrogens (tertiary/aromatic N) is 3. The zero-order chi connectivity index (χ0) is 19.1. The number of anilines is 1. The van der Waals surface area contributed by atoms with Crippen LogP contribution in [-0.2, 0) is 9.59 Å². The van der Waals surface area contributed by atoms with E-state index < -0.39 is 5.66 Å². The summed E-state index contributed by atoms with van der Waals surface area (Å²) < 4.78 is 0. The molecule has 0 N–H and O–H groups in total. The summed E-state index contributed by atoms with van der Waals surface area (Å²) in [5, 5.41) is 0. The van der Waals surface area contributed by atoms with Crippen LogP contribution >= 0.6 is 0 Å². The molecule has 3 rings (SSSR count). The fourth-order valence-corrected chi connectivity index (χ4v) is 3.88. The number of benzene rings is 1. The molecule has 1 atom stereocenters. The van der Waals surface area contributed by atoms with Gasteiger partial charge in [-0.2, -0.15) is 0 Å². The zero-order valence-corrected chi connectivity index (χ0v) is 15.6. The minimum Gasteiger partial charge on any atom is -0.337 e. The molecule has 1 saturated heterocycles. The molecular weight excluding hydrogens is 330 g/mol. The van der Waals surface area contributed by atoms with Gasteiger partial charge >= 0.3 is 0 Å². The highest BCUT2D eigenvalue weighted by Gasteiger charge is 2.53. The number of likely N-dealkylation sites (N-methyl/N-ethyl adjacent to an activating group) is 1. The molecule has 6 nitrogen and oxygen atoms in total. The van der Waals surface area contributed by atoms with Crippen molar-refractivity contribution in [3.8, 4) is 0 Å². The summed E-state index contributed by atoms with van der Waals surface area (Å²) in [5.74, 6) is -0.350. The molecule has 2 aliphatic heterocycles. The van der Waals surface area contributed by atoms with Crippen molar-refractivity contribution in [2.45, 2.75) is 39.3 Å². The number of carbonyl (C=O) groups excluding carboxylic acids is 3. The first-order chi connectivity index (χ1) is 12.3. The lowest BCUT2D eigenvalue weighted by Crippen LogP contribution is -2.64. The Labute approximate surface area is 154 Å². The molecule has 1 unspecified atom stereocenters. The van der Waals surface area contributed by atoms with Gasteiger partial charge in [0.2, 0.25) is 11.8 Å². The van der Waals surface area contributed by atoms with Gasteiger partial charge in [-0.1, -0.05) is 24.3 Å². The van der Waals surface area contributed by atoms with E-state index in [4.69, 9.17) is 0 Å². The normalized spacial score (nSPS) is 21.5. The van der Waals surface area contributed by atoms with Crippen LogP contribution in [0, 0.1) is 0 Å². The summed E-state index contributed by atoms with van der Waals surface area (Å²) in [6.07, 6.45) is 0.887. The minimum absolute atomic E-state index is 0.0146. The fraction of sp³-hybridized carbons (Fsp3) is 0.450. The third-order valence-electron chi connectivity index (χ3n) is 5.23. The van der Waals surface area contributed by atoms with Crippen molar-refractivity contribution in [2.24, 2.45) is 0 Å². The second-order valence-electron chi connectivity index (χ2n) is 7.22. The molecule has 0 bridgehead atoms. The van der Waals surface area contributed by atoms with Gasteiger partial charge in [0.15, 0.2) is 0 Å². The van der Waals surface area contributed by atoms with E-state index >= 15 is 0 Å². The van der Waals surface area contributed by atoms with Crippen LogP contribution in [0.3, 0.4) is 0 Å². The van der Waals surface area contributed by atoms with Gasteiger partial charge in [-0.3, -0.25) is 19.3 Å². The summed E-state index contributed by atoms with van der Waals surface area (Å²) in [6, 6.07) is 7.11. The van der Waals surface area contributed by atoms with E-state index in [0.717, 1.165) is 5.57 Å². The van der Waals surface area contributed by atoms with E-state index in [2.05, 4.69) is 6.58 Å². The fourth-order valence-electron chi connectivity index (χ4n) is 3.88. The SMILES string of the molecule is C=C(C)CN(CC)C(=O)CN1C(=O)c2ccccc2N2C(=O)CCC12C. The molecule has 0 radical (unpaired) electrons. The van der Waals surface area contributed by atoms with E-state index in [-0.39, 0.29) is 24.3 Å². The van der Waals surface area contributed by atoms with Crippen LogP contribution in [-0.4, -0.2) is 52.8 Å². The molecule has 0 aromatic heterocycles. The lowest BCUT2D eigenvalue weighted by atomic mass is 9.98. The monoisotopic (exact) mass is 355 g/mol. The molecule has 26 heavy (non-hydrogen) atoms. The van der Waals surface area contributed by atoms with Crippen LogP contribution < -0.4 is 4.90 Å². The Morgan fingerprint density at radius 1 is 1.31 bits per heavy atom. The van der Waals surface area contributed by atoms with E-state index in [1.807, 2.05) is 26.8 Å². The Balaban J connectivity index is 1.97. The summed E-state index contributed by atoms with van der Waals surface area (Å²) >= 11 is 0. The van der Waals surface area contributed by atoms with E-state index in [1.165, 1.54) is 0 Å². The van der Waals surface area contributed by atoms with Crippen LogP contribution in [0.1, 0.15) is 44.0 Å². The van der Waals surface area contributed by atoms with Crippen LogP contribution in [0.25, 0.3) is 0 Å². The predicted molar refractivity (Wildman–Crippen MR) is 99.7 cm³/mol. The summed E-state index contributed by atoms with van der Waals surface area (Å²) in [7, 11) is 0. The van der Waals surface area contributed by atoms with Crippen LogP contribution in [0.15, 0.2) is 36.4 Å². The van der Waals surface area contributed by atoms with E-state index in [0.29, 0.717) is 37.2 Å². The van der Waals surface area contributed by atoms with Crippen LogP contribution in [0.2, 0.25) is 0 Å². The average Bonchev–Trinajstić information content (AvgIpc) is 2.92. The number of carbonyl (C=O) groups is 3. The van der Waals surface area contributed by atoms with Crippen molar-refractivity contribution in [1.82, 2.24) is 9.80 Å². The molecule has 0 saturated carbocycles. The average molecular weight is 355 g/mol. The van der Waals surface area contributed by atoms with Gasteiger partial charge < -0.3 is 9.80 Å². The van der Waals surface area contributed by atoms with Crippen molar-refractivity contribution < 1.29 is 14.4 Å². The molecule has 0 aliphatic carbocycles. The van der Waals surface area contributed by atoms with Crippen molar-refractivity contribution in [2.75, 3.05) is 24.5 Å². The first-order valence-corrected chi connectivity index (χ1v) is 8.95. The first kappa shape index (κ1) is 18.2. The molecule has 2 heterocycles. The first-order valence-electron chi connectivity index (χ1n) is 8.95. The number of hydrogen-bond acceptors (Lipinski definition) is 3. The minimum atomic E-state index is -0.805. The van der Waals surface area contributed by atoms with Crippen molar-refractivity contribution >= 4 is 23.4 Å². The second kappa shape index (κ2) is 6.59. The Kier molecular flexibility index (Phi) is 4.61. The quantitative estimate of drug-likeness (QED) is 0.762. The topological polar surface area (TPSA) is 60.9 Å². The third-order valence-corrected chi connectivity index (χ3v) is 5.23. The molecule has 3 amide bonds. The Morgan fingerprint density at radius 3 is 2.65 bits per heavy atom. The zero-order valence-electron chi connectivity index (χ0n) is 15.6. The number of fused-ring (bicyclic) bond motifs is 3. The van der Waals surface area contributed by atoms with Crippen LogP contribution in [0.5, 0.6) is 0 Å². The molecule has 0 spiro atoms. The summed E-state index contributed by atoms with van der Waals surface area (Å²) in [5.41, 5.74) is 1.19. The predicted octanol–water partition coefficient (Wildman–Crippen LogP) is 2.41. The van der Waals surface area contributed by atoms with Gasteiger partial charge in [0.05, 0.1) is 11.3 Å². The van der Waals surface area contributed by atoms with Gasteiger partial charge in [-0.15, -0.1) is 0 Å². The molecule has 1 aromatic carbocycles. The summed E-state index contributed by atoms with van der Waals surface area (Å²) in [6.45, 7) is 10.5. The van der Waals surface area contributed by atoms with Gasteiger partial charge in [0.25, 0.3) is 5.91 Å². The Bertz CT molecular complexity index is 788. The maximum absolute atomic E-state index is 13.1. The van der Waals surface area contributed by atoms with Gasteiger partial charge in [-0.05, 0) is 39.3 Å². The second-order valence-corrected chi connectivity index (χ2v) is 7.22. The van der Waals surface area contributed by atoms with E-state index in [9.17, 15) is 14.4 Å². The lowest BCUT2D eigenvalue weighted by Gasteiger charge is -2.48. The number of amides is 3. The van der Waals surface area contributed by atoms with E-state index in [1.54, 1.807) is 32.9 Å². The van der Waals surface area contributed by atoms with Crippen LogP contribution in [0.4, 0.5) is 5.69 Å². The molecule has 1 aromatic rings.